The molecule has 0 radical (unpaired) electrons. The van der Waals surface area contributed by atoms with Gasteiger partial charge in [0.25, 0.3) is 0 Å². The predicted molar refractivity (Wildman–Crippen MR) is 98.3 cm³/mol. The third kappa shape index (κ3) is 6.40. The normalized spacial score (nSPS) is 17.0. The van der Waals surface area contributed by atoms with Crippen LogP contribution >= 0.6 is 0 Å². The number of benzene rings is 1. The standard InChI is InChI=1S/C20H30N2O3/c1-15-10-12-22(13-11-15)18(23)17(14-16-8-6-5-7-9-16)21-19(24)25-20(2,3)4/h5-9,15,17H,10-14H2,1-4H3,(H,21,24)/t17-/m0/s1. The van der Waals surface area contributed by atoms with Crippen LogP contribution in [0.5, 0.6) is 0 Å². The minimum absolute atomic E-state index is 0.0263. The quantitative estimate of drug-likeness (QED) is 0.909. The summed E-state index contributed by atoms with van der Waals surface area (Å²) in [5, 5.41) is 2.78. The molecule has 0 unspecified atom stereocenters. The monoisotopic (exact) mass is 346 g/mol. The lowest BCUT2D eigenvalue weighted by atomic mass is 9.97. The molecule has 1 atom stereocenters. The topological polar surface area (TPSA) is 58.6 Å². The van der Waals surface area contributed by atoms with Crippen molar-refractivity contribution in [1.82, 2.24) is 10.2 Å². The first-order valence-corrected chi connectivity index (χ1v) is 9.07. The molecule has 25 heavy (non-hydrogen) atoms. The van der Waals surface area contributed by atoms with Crippen LogP contribution in [0, 0.1) is 5.92 Å². The Morgan fingerprint density at radius 3 is 2.36 bits per heavy atom. The van der Waals surface area contributed by atoms with Crippen molar-refractivity contribution in [3.63, 3.8) is 0 Å². The molecule has 1 aromatic carbocycles. The first kappa shape index (κ1) is 19.3. The molecule has 5 heteroatoms. The number of alkyl carbamates (subject to hydrolysis) is 1. The van der Waals surface area contributed by atoms with Gasteiger partial charge in [0.1, 0.15) is 11.6 Å². The maximum Gasteiger partial charge on any atom is 0.408 e. The van der Waals surface area contributed by atoms with Gasteiger partial charge in [-0.3, -0.25) is 4.79 Å². The third-order valence-corrected chi connectivity index (χ3v) is 4.37. The number of carbonyl (C=O) groups excluding carboxylic acids is 2. The van der Waals surface area contributed by atoms with Gasteiger partial charge in [-0.15, -0.1) is 0 Å². The van der Waals surface area contributed by atoms with Gasteiger partial charge in [0, 0.05) is 19.5 Å². The number of nitrogens with one attached hydrogen (secondary N) is 1. The maximum atomic E-state index is 13.0. The highest BCUT2D eigenvalue weighted by molar-refractivity contribution is 5.86. The van der Waals surface area contributed by atoms with E-state index in [-0.39, 0.29) is 5.91 Å². The maximum absolute atomic E-state index is 13.0. The fraction of sp³-hybridized carbons (Fsp3) is 0.600. The van der Waals surface area contributed by atoms with E-state index in [4.69, 9.17) is 4.74 Å². The van der Waals surface area contributed by atoms with Crippen molar-refractivity contribution in [2.24, 2.45) is 5.92 Å². The van der Waals surface area contributed by atoms with Crippen LogP contribution in [0.3, 0.4) is 0 Å². The van der Waals surface area contributed by atoms with E-state index >= 15 is 0 Å². The molecule has 1 aromatic rings. The van der Waals surface area contributed by atoms with E-state index < -0.39 is 17.7 Å². The Bertz CT molecular complexity index is 572. The number of amides is 2. The molecule has 0 bridgehead atoms. The fourth-order valence-corrected chi connectivity index (χ4v) is 2.95. The van der Waals surface area contributed by atoms with Crippen LogP contribution in [-0.2, 0) is 16.0 Å². The van der Waals surface area contributed by atoms with Crippen LogP contribution in [0.2, 0.25) is 0 Å². The van der Waals surface area contributed by atoms with E-state index in [1.165, 1.54) is 0 Å². The fourth-order valence-electron chi connectivity index (χ4n) is 2.95. The Balaban J connectivity index is 2.08. The first-order chi connectivity index (χ1) is 11.7. The molecule has 1 N–H and O–H groups in total. The molecular weight excluding hydrogens is 316 g/mol. The van der Waals surface area contributed by atoms with Gasteiger partial charge in [-0.2, -0.15) is 0 Å². The largest absolute Gasteiger partial charge is 0.444 e. The molecule has 0 aliphatic carbocycles. The van der Waals surface area contributed by atoms with Crippen molar-refractivity contribution in [3.05, 3.63) is 35.9 Å². The molecule has 2 amide bonds. The Kier molecular flexibility index (Phi) is 6.45. The Morgan fingerprint density at radius 1 is 1.20 bits per heavy atom. The van der Waals surface area contributed by atoms with Gasteiger partial charge in [0.2, 0.25) is 5.91 Å². The van der Waals surface area contributed by atoms with E-state index in [1.807, 2.05) is 56.0 Å². The average molecular weight is 346 g/mol. The second-order valence-electron chi connectivity index (χ2n) is 7.90. The van der Waals surface area contributed by atoms with Crippen molar-refractivity contribution in [3.8, 4) is 0 Å². The summed E-state index contributed by atoms with van der Waals surface area (Å²) in [6.07, 6.45) is 1.93. The van der Waals surface area contributed by atoms with Crippen molar-refractivity contribution in [2.75, 3.05) is 13.1 Å². The average Bonchev–Trinajstić information content (AvgIpc) is 2.53. The third-order valence-electron chi connectivity index (χ3n) is 4.37. The van der Waals surface area contributed by atoms with Gasteiger partial charge in [0.05, 0.1) is 0 Å². The van der Waals surface area contributed by atoms with Crippen LogP contribution in [0.4, 0.5) is 4.79 Å². The Labute approximate surface area is 150 Å². The molecule has 1 aliphatic heterocycles. The zero-order chi connectivity index (χ0) is 18.4. The summed E-state index contributed by atoms with van der Waals surface area (Å²) < 4.78 is 5.34. The summed E-state index contributed by atoms with van der Waals surface area (Å²) in [6.45, 7) is 9.15. The number of piperidine rings is 1. The second-order valence-corrected chi connectivity index (χ2v) is 7.90. The lowest BCUT2D eigenvalue weighted by molar-refractivity contribution is -0.134. The zero-order valence-corrected chi connectivity index (χ0v) is 15.7. The summed E-state index contributed by atoms with van der Waals surface area (Å²) in [7, 11) is 0. The minimum atomic E-state index is -0.606. The highest BCUT2D eigenvalue weighted by Gasteiger charge is 2.30. The molecule has 5 nitrogen and oxygen atoms in total. The van der Waals surface area contributed by atoms with Gasteiger partial charge >= 0.3 is 6.09 Å². The molecule has 0 saturated carbocycles. The van der Waals surface area contributed by atoms with Crippen LogP contribution in [-0.4, -0.2) is 41.6 Å². The molecule has 1 heterocycles. The van der Waals surface area contributed by atoms with E-state index in [0.717, 1.165) is 31.5 Å². The van der Waals surface area contributed by atoms with Gasteiger partial charge < -0.3 is 15.0 Å². The summed E-state index contributed by atoms with van der Waals surface area (Å²) in [5.41, 5.74) is 0.424. The van der Waals surface area contributed by atoms with E-state index in [0.29, 0.717) is 12.3 Å². The number of nitrogens with zero attached hydrogens (tertiary/aromatic N) is 1. The van der Waals surface area contributed by atoms with Crippen molar-refractivity contribution < 1.29 is 14.3 Å². The number of carbonyl (C=O) groups is 2. The van der Waals surface area contributed by atoms with Gasteiger partial charge in [0.15, 0.2) is 0 Å². The summed E-state index contributed by atoms with van der Waals surface area (Å²) >= 11 is 0. The predicted octanol–water partition coefficient (Wildman–Crippen LogP) is 3.38. The van der Waals surface area contributed by atoms with Crippen LogP contribution < -0.4 is 5.32 Å². The van der Waals surface area contributed by atoms with Gasteiger partial charge in [-0.25, -0.2) is 4.79 Å². The van der Waals surface area contributed by atoms with Crippen LogP contribution in [0.15, 0.2) is 30.3 Å². The number of hydrogen-bond donors (Lipinski definition) is 1. The molecule has 0 aromatic heterocycles. The molecule has 1 saturated heterocycles. The smallest absolute Gasteiger partial charge is 0.408 e. The number of hydrogen-bond acceptors (Lipinski definition) is 3. The number of likely N-dealkylation sites (tertiary alicyclic amines) is 1. The van der Waals surface area contributed by atoms with Gasteiger partial charge in [-0.1, -0.05) is 37.3 Å². The molecule has 138 valence electrons. The SMILES string of the molecule is CC1CCN(C(=O)[C@H](Cc2ccccc2)NC(=O)OC(C)(C)C)CC1. The van der Waals surface area contributed by atoms with E-state index in [9.17, 15) is 9.59 Å². The summed E-state index contributed by atoms with van der Waals surface area (Å²) in [4.78, 5) is 27.0. The molecule has 1 fully saturated rings. The van der Waals surface area contributed by atoms with Gasteiger partial charge in [-0.05, 0) is 45.1 Å². The highest BCUT2D eigenvalue weighted by Crippen LogP contribution is 2.18. The molecular formula is C20H30N2O3. The van der Waals surface area contributed by atoms with Crippen LogP contribution in [0.25, 0.3) is 0 Å². The number of rotatable bonds is 4. The van der Waals surface area contributed by atoms with E-state index in [1.54, 1.807) is 0 Å². The van der Waals surface area contributed by atoms with Crippen molar-refractivity contribution >= 4 is 12.0 Å². The lowest BCUT2D eigenvalue weighted by Gasteiger charge is -2.33. The second kappa shape index (κ2) is 8.37. The minimum Gasteiger partial charge on any atom is -0.444 e. The summed E-state index contributed by atoms with van der Waals surface area (Å²) in [6, 6.07) is 9.14. The Morgan fingerprint density at radius 2 is 1.80 bits per heavy atom. The highest BCUT2D eigenvalue weighted by atomic mass is 16.6. The van der Waals surface area contributed by atoms with Crippen molar-refractivity contribution in [2.45, 2.75) is 58.6 Å². The molecule has 2 rings (SSSR count). The molecule has 1 aliphatic rings. The van der Waals surface area contributed by atoms with Crippen molar-refractivity contribution in [1.29, 1.82) is 0 Å². The lowest BCUT2D eigenvalue weighted by Crippen LogP contribution is -2.52. The summed E-state index contributed by atoms with van der Waals surface area (Å²) in [5.74, 6) is 0.622. The van der Waals surface area contributed by atoms with Crippen LogP contribution in [0.1, 0.15) is 46.1 Å². The molecule has 0 spiro atoms. The zero-order valence-electron chi connectivity index (χ0n) is 15.7. The Hall–Kier alpha value is -2.04. The number of ether oxygens (including phenoxy) is 1. The first-order valence-electron chi connectivity index (χ1n) is 9.07. The van der Waals surface area contributed by atoms with E-state index in [2.05, 4.69) is 12.2 Å².